The van der Waals surface area contributed by atoms with Crippen molar-refractivity contribution in [2.45, 2.75) is 45.7 Å². The average Bonchev–Trinajstić information content (AvgIpc) is 3.42. The lowest BCUT2D eigenvalue weighted by molar-refractivity contribution is -0.116. The van der Waals surface area contributed by atoms with Crippen LogP contribution in [0.4, 0.5) is 5.69 Å². The summed E-state index contributed by atoms with van der Waals surface area (Å²) < 4.78 is 4.61. The molecule has 2 aromatic carbocycles. The Morgan fingerprint density at radius 1 is 1.15 bits per heavy atom. The summed E-state index contributed by atoms with van der Waals surface area (Å²) in [6.07, 6.45) is 5.82. The highest BCUT2D eigenvalue weighted by Gasteiger charge is 2.14. The van der Waals surface area contributed by atoms with Crippen LogP contribution in [-0.2, 0) is 24.3 Å². The number of imidazole rings is 1. The van der Waals surface area contributed by atoms with Crippen molar-refractivity contribution in [1.29, 1.82) is 0 Å². The van der Waals surface area contributed by atoms with E-state index in [2.05, 4.69) is 26.3 Å². The first-order chi connectivity index (χ1) is 16.1. The van der Waals surface area contributed by atoms with Crippen LogP contribution >= 0.6 is 12.2 Å². The minimum Gasteiger partial charge on any atom is -0.334 e. The van der Waals surface area contributed by atoms with Crippen molar-refractivity contribution in [2.75, 3.05) is 5.32 Å². The second-order valence-corrected chi connectivity index (χ2v) is 8.83. The first-order valence-corrected chi connectivity index (χ1v) is 11.7. The molecule has 0 spiro atoms. The number of benzene rings is 2. The van der Waals surface area contributed by atoms with E-state index in [0.717, 1.165) is 47.1 Å². The number of aryl methyl sites for hydroxylation is 3. The number of hydrogen-bond donors (Lipinski definition) is 2. The first-order valence-electron chi connectivity index (χ1n) is 11.3. The molecule has 3 heterocycles. The zero-order chi connectivity index (χ0) is 22.8. The van der Waals surface area contributed by atoms with Crippen molar-refractivity contribution in [3.8, 4) is 22.6 Å². The molecule has 0 saturated heterocycles. The summed E-state index contributed by atoms with van der Waals surface area (Å²) in [6, 6.07) is 16.0. The summed E-state index contributed by atoms with van der Waals surface area (Å²) in [5, 5.41) is 10.2. The number of rotatable bonds is 6. The molecule has 0 radical (unpaired) electrons. The van der Waals surface area contributed by atoms with Crippen molar-refractivity contribution in [2.24, 2.45) is 0 Å². The molecule has 0 fully saturated rings. The lowest BCUT2D eigenvalue weighted by Gasteiger charge is -2.11. The van der Waals surface area contributed by atoms with Gasteiger partial charge in [-0.3, -0.25) is 14.5 Å². The summed E-state index contributed by atoms with van der Waals surface area (Å²) in [5.74, 6) is 1.81. The van der Waals surface area contributed by atoms with Gasteiger partial charge >= 0.3 is 0 Å². The van der Waals surface area contributed by atoms with E-state index in [1.165, 1.54) is 18.4 Å². The smallest absolute Gasteiger partial charge is 0.226 e. The van der Waals surface area contributed by atoms with E-state index in [1.807, 2.05) is 60.0 Å². The lowest BCUT2D eigenvalue weighted by Crippen LogP contribution is -2.15. The molecule has 8 heteroatoms. The summed E-state index contributed by atoms with van der Waals surface area (Å²) in [5.41, 5.74) is 4.86. The SMILES string of the molecule is Cc1ccc(-c2n[nH]c(=S)n2CCC(=O)Nc2cccc(-c3cn4c(n3)CCCC4)c2)cc1. The number of fused-ring (bicyclic) bond motifs is 1. The number of carbonyl (C=O) groups is 1. The van der Waals surface area contributed by atoms with Crippen LogP contribution in [0.5, 0.6) is 0 Å². The van der Waals surface area contributed by atoms with Crippen LogP contribution < -0.4 is 5.32 Å². The molecule has 2 N–H and O–H groups in total. The molecule has 1 amide bonds. The number of H-pyrrole nitrogens is 1. The Kier molecular flexibility index (Phi) is 5.92. The molecule has 0 atom stereocenters. The van der Waals surface area contributed by atoms with Crippen LogP contribution in [0.15, 0.2) is 54.7 Å². The van der Waals surface area contributed by atoms with Crippen molar-refractivity contribution in [3.63, 3.8) is 0 Å². The van der Waals surface area contributed by atoms with Gasteiger partial charge in [0.15, 0.2) is 10.6 Å². The largest absolute Gasteiger partial charge is 0.334 e. The molecule has 5 rings (SSSR count). The predicted molar refractivity (Wildman–Crippen MR) is 131 cm³/mol. The van der Waals surface area contributed by atoms with Gasteiger partial charge in [0, 0.05) is 48.9 Å². The topological polar surface area (TPSA) is 80.5 Å². The number of nitrogens with zero attached hydrogens (tertiary/aromatic N) is 4. The van der Waals surface area contributed by atoms with Gasteiger partial charge in [-0.25, -0.2) is 4.98 Å². The lowest BCUT2D eigenvalue weighted by atomic mass is 10.1. The van der Waals surface area contributed by atoms with Crippen LogP contribution in [0.2, 0.25) is 0 Å². The molecule has 1 aliphatic rings. The number of amides is 1. The second-order valence-electron chi connectivity index (χ2n) is 8.44. The summed E-state index contributed by atoms with van der Waals surface area (Å²) in [4.78, 5) is 17.5. The molecule has 4 aromatic rings. The Labute approximate surface area is 197 Å². The van der Waals surface area contributed by atoms with Gasteiger partial charge in [-0.2, -0.15) is 5.10 Å². The summed E-state index contributed by atoms with van der Waals surface area (Å²) in [6.45, 7) is 3.51. The maximum atomic E-state index is 12.7. The predicted octanol–water partition coefficient (Wildman–Crippen LogP) is 5.14. The molecule has 1 aliphatic heterocycles. The van der Waals surface area contributed by atoms with E-state index in [-0.39, 0.29) is 12.3 Å². The number of aromatic nitrogens is 5. The zero-order valence-corrected chi connectivity index (χ0v) is 19.4. The standard InChI is InChI=1S/C25H26N6OS/c1-17-8-10-18(11-9-17)24-28-29-25(33)31(24)14-12-23(32)26-20-6-4-5-19(15-20)21-16-30-13-3-2-7-22(30)27-21/h4-6,8-11,15-16H,2-3,7,12-14H2,1H3,(H,26,32)(H,29,33). The second kappa shape index (κ2) is 9.15. The number of anilines is 1. The van der Waals surface area contributed by atoms with Gasteiger partial charge in [0.1, 0.15) is 5.82 Å². The van der Waals surface area contributed by atoms with Gasteiger partial charge in [0.2, 0.25) is 5.91 Å². The van der Waals surface area contributed by atoms with Crippen molar-refractivity contribution in [3.05, 3.63) is 70.9 Å². The van der Waals surface area contributed by atoms with Crippen LogP contribution in [0.25, 0.3) is 22.6 Å². The minimum atomic E-state index is -0.0748. The Balaban J connectivity index is 1.27. The fourth-order valence-electron chi connectivity index (χ4n) is 4.19. The fraction of sp³-hybridized carbons (Fsp3) is 0.280. The molecule has 0 saturated carbocycles. The number of nitrogens with one attached hydrogen (secondary N) is 2. The quantitative estimate of drug-likeness (QED) is 0.392. The van der Waals surface area contributed by atoms with E-state index in [9.17, 15) is 4.79 Å². The van der Waals surface area contributed by atoms with E-state index < -0.39 is 0 Å². The molecular formula is C25H26N6OS. The van der Waals surface area contributed by atoms with Gasteiger partial charge < -0.3 is 9.88 Å². The molecule has 168 valence electrons. The third kappa shape index (κ3) is 4.66. The maximum absolute atomic E-state index is 12.7. The molecule has 7 nitrogen and oxygen atoms in total. The first kappa shape index (κ1) is 21.3. The zero-order valence-electron chi connectivity index (χ0n) is 18.5. The highest BCUT2D eigenvalue weighted by Crippen LogP contribution is 2.25. The Hall–Kier alpha value is -3.52. The fourth-order valence-corrected chi connectivity index (χ4v) is 4.42. The summed E-state index contributed by atoms with van der Waals surface area (Å²) in [7, 11) is 0. The molecular weight excluding hydrogens is 432 g/mol. The average molecular weight is 459 g/mol. The number of aromatic amines is 1. The van der Waals surface area contributed by atoms with Crippen molar-refractivity contribution >= 4 is 23.8 Å². The molecule has 2 aromatic heterocycles. The van der Waals surface area contributed by atoms with Crippen LogP contribution in [0.1, 0.15) is 30.7 Å². The van der Waals surface area contributed by atoms with Gasteiger partial charge in [-0.15, -0.1) is 0 Å². The molecule has 0 bridgehead atoms. The van der Waals surface area contributed by atoms with Crippen LogP contribution in [0, 0.1) is 11.7 Å². The van der Waals surface area contributed by atoms with Gasteiger partial charge in [0.05, 0.1) is 5.69 Å². The van der Waals surface area contributed by atoms with Gasteiger partial charge in [0.25, 0.3) is 0 Å². The van der Waals surface area contributed by atoms with Gasteiger partial charge in [-0.1, -0.05) is 42.0 Å². The molecule has 33 heavy (non-hydrogen) atoms. The molecule has 0 aliphatic carbocycles. The highest BCUT2D eigenvalue weighted by molar-refractivity contribution is 7.71. The van der Waals surface area contributed by atoms with Crippen molar-refractivity contribution in [1.82, 2.24) is 24.3 Å². The monoisotopic (exact) mass is 458 g/mol. The minimum absolute atomic E-state index is 0.0748. The highest BCUT2D eigenvalue weighted by atomic mass is 32.1. The number of hydrogen-bond acceptors (Lipinski definition) is 4. The van der Waals surface area contributed by atoms with E-state index >= 15 is 0 Å². The summed E-state index contributed by atoms with van der Waals surface area (Å²) >= 11 is 5.39. The van der Waals surface area contributed by atoms with E-state index in [1.54, 1.807) is 0 Å². The van der Waals surface area contributed by atoms with Crippen LogP contribution in [0.3, 0.4) is 0 Å². The Morgan fingerprint density at radius 2 is 2.00 bits per heavy atom. The Morgan fingerprint density at radius 3 is 2.82 bits per heavy atom. The Bertz CT molecular complexity index is 1320. The van der Waals surface area contributed by atoms with Gasteiger partial charge in [-0.05, 0) is 44.1 Å². The third-order valence-electron chi connectivity index (χ3n) is 5.98. The normalized spacial score (nSPS) is 13.0. The maximum Gasteiger partial charge on any atom is 0.226 e. The van der Waals surface area contributed by atoms with E-state index in [0.29, 0.717) is 11.3 Å². The van der Waals surface area contributed by atoms with Crippen LogP contribution in [-0.4, -0.2) is 30.2 Å². The molecule has 0 unspecified atom stereocenters. The number of carbonyl (C=O) groups excluding carboxylic acids is 1. The van der Waals surface area contributed by atoms with Crippen molar-refractivity contribution < 1.29 is 4.79 Å². The third-order valence-corrected chi connectivity index (χ3v) is 6.29. The van der Waals surface area contributed by atoms with E-state index in [4.69, 9.17) is 17.2 Å².